The normalized spacial score (nSPS) is 14.9. The molecule has 1 aromatic carbocycles. The van der Waals surface area contributed by atoms with Crippen molar-refractivity contribution in [3.63, 3.8) is 0 Å². The minimum absolute atomic E-state index is 0.0646. The zero-order valence-electron chi connectivity index (χ0n) is 12.3. The van der Waals surface area contributed by atoms with Crippen LogP contribution in [0, 0.1) is 5.92 Å². The second kappa shape index (κ2) is 6.37. The van der Waals surface area contributed by atoms with Crippen molar-refractivity contribution in [2.24, 2.45) is 11.7 Å². The van der Waals surface area contributed by atoms with E-state index in [0.717, 1.165) is 11.8 Å². The molecule has 0 aliphatic heterocycles. The van der Waals surface area contributed by atoms with Crippen LogP contribution in [0.15, 0.2) is 29.2 Å². The van der Waals surface area contributed by atoms with Crippen molar-refractivity contribution in [2.75, 3.05) is 6.26 Å². The zero-order chi connectivity index (χ0) is 15.5. The van der Waals surface area contributed by atoms with Crippen LogP contribution in [-0.4, -0.2) is 26.6 Å². The monoisotopic (exact) mass is 298 g/mol. The minimum Gasteiger partial charge on any atom is -0.348 e. The third-order valence-electron chi connectivity index (χ3n) is 3.19. The van der Waals surface area contributed by atoms with E-state index in [1.165, 1.54) is 12.1 Å². The highest BCUT2D eigenvalue weighted by Crippen LogP contribution is 2.16. The van der Waals surface area contributed by atoms with Gasteiger partial charge in [0.2, 0.25) is 5.91 Å². The van der Waals surface area contributed by atoms with Gasteiger partial charge in [0.05, 0.1) is 17.0 Å². The van der Waals surface area contributed by atoms with Gasteiger partial charge in [0, 0.05) is 6.26 Å². The first-order chi connectivity index (χ1) is 9.12. The van der Waals surface area contributed by atoms with E-state index in [1.54, 1.807) is 12.1 Å². The Hall–Kier alpha value is -1.40. The van der Waals surface area contributed by atoms with Gasteiger partial charge in [0.15, 0.2) is 9.84 Å². The molecule has 0 spiro atoms. The van der Waals surface area contributed by atoms with Gasteiger partial charge in [-0.05, 0) is 30.5 Å². The Bertz CT molecular complexity index is 565. The molecule has 0 fully saturated rings. The predicted octanol–water partition coefficient (Wildman–Crippen LogP) is 1.25. The number of hydrogen-bond acceptors (Lipinski definition) is 4. The van der Waals surface area contributed by atoms with Gasteiger partial charge in [-0.3, -0.25) is 4.79 Å². The summed E-state index contributed by atoms with van der Waals surface area (Å²) in [5, 5.41) is 2.82. The Morgan fingerprint density at radius 2 is 1.65 bits per heavy atom. The predicted molar refractivity (Wildman–Crippen MR) is 78.9 cm³/mol. The third-order valence-corrected chi connectivity index (χ3v) is 4.32. The van der Waals surface area contributed by atoms with Gasteiger partial charge in [0.1, 0.15) is 0 Å². The van der Waals surface area contributed by atoms with Gasteiger partial charge >= 0.3 is 0 Å². The van der Waals surface area contributed by atoms with E-state index in [4.69, 9.17) is 5.73 Å². The quantitative estimate of drug-likeness (QED) is 0.856. The maximum absolute atomic E-state index is 11.9. The summed E-state index contributed by atoms with van der Waals surface area (Å²) >= 11 is 0. The van der Waals surface area contributed by atoms with E-state index in [9.17, 15) is 13.2 Å². The number of carbonyl (C=O) groups is 1. The summed E-state index contributed by atoms with van der Waals surface area (Å²) in [7, 11) is -3.20. The molecule has 6 heteroatoms. The number of rotatable bonds is 5. The van der Waals surface area contributed by atoms with Gasteiger partial charge < -0.3 is 11.1 Å². The molecule has 1 amide bonds. The average molecular weight is 298 g/mol. The summed E-state index contributed by atoms with van der Waals surface area (Å²) in [5.41, 5.74) is 6.61. The van der Waals surface area contributed by atoms with Crippen LogP contribution in [-0.2, 0) is 14.6 Å². The second-order valence-electron chi connectivity index (χ2n) is 5.34. The highest BCUT2D eigenvalue weighted by molar-refractivity contribution is 7.90. The molecule has 1 rings (SSSR count). The van der Waals surface area contributed by atoms with Crippen LogP contribution in [0.25, 0.3) is 0 Å². The van der Waals surface area contributed by atoms with Crippen molar-refractivity contribution in [1.29, 1.82) is 0 Å². The Labute approximate surface area is 120 Å². The summed E-state index contributed by atoms with van der Waals surface area (Å²) in [6, 6.07) is 5.70. The van der Waals surface area contributed by atoms with E-state index >= 15 is 0 Å². The van der Waals surface area contributed by atoms with Crippen LogP contribution in [0.2, 0.25) is 0 Å². The molecule has 0 saturated carbocycles. The maximum atomic E-state index is 11.9. The van der Waals surface area contributed by atoms with Crippen molar-refractivity contribution < 1.29 is 13.2 Å². The SMILES string of the molecule is CC(NC(=O)C(N)C(C)C)c1ccc(S(C)(=O)=O)cc1. The van der Waals surface area contributed by atoms with E-state index in [-0.39, 0.29) is 22.8 Å². The summed E-state index contributed by atoms with van der Waals surface area (Å²) in [4.78, 5) is 12.1. The molecule has 0 radical (unpaired) electrons. The molecule has 0 aliphatic carbocycles. The second-order valence-corrected chi connectivity index (χ2v) is 7.36. The number of hydrogen-bond donors (Lipinski definition) is 2. The van der Waals surface area contributed by atoms with Crippen LogP contribution >= 0.6 is 0 Å². The van der Waals surface area contributed by atoms with Gasteiger partial charge in [-0.25, -0.2) is 8.42 Å². The van der Waals surface area contributed by atoms with Crippen LogP contribution in [0.3, 0.4) is 0 Å². The third kappa shape index (κ3) is 4.31. The highest BCUT2D eigenvalue weighted by atomic mass is 32.2. The molecule has 5 nitrogen and oxygen atoms in total. The molecule has 0 aliphatic rings. The van der Waals surface area contributed by atoms with E-state index < -0.39 is 15.9 Å². The number of nitrogens with two attached hydrogens (primary N) is 1. The first-order valence-electron chi connectivity index (χ1n) is 6.49. The molecule has 2 unspecified atom stereocenters. The zero-order valence-corrected chi connectivity index (χ0v) is 13.1. The summed E-state index contributed by atoms with van der Waals surface area (Å²) in [6.45, 7) is 5.60. The Balaban J connectivity index is 2.79. The molecule has 3 N–H and O–H groups in total. The van der Waals surface area contributed by atoms with Gasteiger partial charge in [-0.1, -0.05) is 26.0 Å². The van der Waals surface area contributed by atoms with Crippen LogP contribution in [0.5, 0.6) is 0 Å². The number of carbonyl (C=O) groups excluding carboxylic acids is 1. The lowest BCUT2D eigenvalue weighted by atomic mass is 10.0. The van der Waals surface area contributed by atoms with Gasteiger partial charge in [0.25, 0.3) is 0 Å². The minimum atomic E-state index is -3.20. The number of nitrogens with one attached hydrogen (secondary N) is 1. The molecule has 2 atom stereocenters. The van der Waals surface area contributed by atoms with E-state index in [2.05, 4.69) is 5.32 Å². The summed E-state index contributed by atoms with van der Waals surface area (Å²) in [5.74, 6) is -0.144. The van der Waals surface area contributed by atoms with Crippen molar-refractivity contribution in [2.45, 2.75) is 37.8 Å². The number of benzene rings is 1. The van der Waals surface area contributed by atoms with Crippen LogP contribution < -0.4 is 11.1 Å². The standard InChI is InChI=1S/C14H22N2O3S/c1-9(2)13(15)14(17)16-10(3)11-5-7-12(8-6-11)20(4,18)19/h5-10,13H,15H2,1-4H3,(H,16,17). The lowest BCUT2D eigenvalue weighted by Crippen LogP contribution is -2.44. The largest absolute Gasteiger partial charge is 0.348 e. The smallest absolute Gasteiger partial charge is 0.237 e. The molecular weight excluding hydrogens is 276 g/mol. The molecule has 0 saturated heterocycles. The molecule has 20 heavy (non-hydrogen) atoms. The molecule has 112 valence electrons. The lowest BCUT2D eigenvalue weighted by Gasteiger charge is -2.20. The highest BCUT2D eigenvalue weighted by Gasteiger charge is 2.19. The first-order valence-corrected chi connectivity index (χ1v) is 8.38. The Morgan fingerprint density at radius 3 is 2.05 bits per heavy atom. The average Bonchev–Trinajstić information content (AvgIpc) is 2.36. The fraction of sp³-hybridized carbons (Fsp3) is 0.500. The van der Waals surface area contributed by atoms with Gasteiger partial charge in [-0.2, -0.15) is 0 Å². The molecule has 1 aromatic rings. The molecule has 0 heterocycles. The van der Waals surface area contributed by atoms with Crippen LogP contribution in [0.1, 0.15) is 32.4 Å². The van der Waals surface area contributed by atoms with Crippen molar-refractivity contribution >= 4 is 15.7 Å². The number of amides is 1. The molecule has 0 aromatic heterocycles. The fourth-order valence-electron chi connectivity index (χ4n) is 1.70. The van der Waals surface area contributed by atoms with Crippen molar-refractivity contribution in [3.05, 3.63) is 29.8 Å². The molecular formula is C14H22N2O3S. The fourth-order valence-corrected chi connectivity index (χ4v) is 2.33. The van der Waals surface area contributed by atoms with Crippen molar-refractivity contribution in [1.82, 2.24) is 5.32 Å². The topological polar surface area (TPSA) is 89.3 Å². The molecule has 0 bridgehead atoms. The van der Waals surface area contributed by atoms with Crippen LogP contribution in [0.4, 0.5) is 0 Å². The van der Waals surface area contributed by atoms with E-state index in [1.807, 2.05) is 20.8 Å². The van der Waals surface area contributed by atoms with Crippen molar-refractivity contribution in [3.8, 4) is 0 Å². The summed E-state index contributed by atoms with van der Waals surface area (Å²) < 4.78 is 22.7. The van der Waals surface area contributed by atoms with Gasteiger partial charge in [-0.15, -0.1) is 0 Å². The number of sulfone groups is 1. The summed E-state index contributed by atoms with van der Waals surface area (Å²) in [6.07, 6.45) is 1.16. The Morgan fingerprint density at radius 1 is 1.15 bits per heavy atom. The Kier molecular flexibility index (Phi) is 5.30. The lowest BCUT2D eigenvalue weighted by molar-refractivity contribution is -0.123. The maximum Gasteiger partial charge on any atom is 0.237 e. The van der Waals surface area contributed by atoms with E-state index in [0.29, 0.717) is 0 Å². The first kappa shape index (κ1) is 16.7.